The molecule has 88 valence electrons. The molecule has 15 heavy (non-hydrogen) atoms. The van der Waals surface area contributed by atoms with Crippen molar-refractivity contribution >= 4 is 0 Å². The van der Waals surface area contributed by atoms with Crippen molar-refractivity contribution < 1.29 is 5.11 Å². The number of nitrogens with two attached hydrogens (primary N) is 1. The molecule has 1 aliphatic carbocycles. The Morgan fingerprint density at radius 3 is 2.40 bits per heavy atom. The number of aliphatic hydroxyl groups excluding tert-OH is 1. The van der Waals surface area contributed by atoms with Crippen LogP contribution in [-0.4, -0.2) is 42.8 Å². The van der Waals surface area contributed by atoms with Crippen LogP contribution in [0.25, 0.3) is 0 Å². The van der Waals surface area contributed by atoms with Gasteiger partial charge >= 0.3 is 0 Å². The topological polar surface area (TPSA) is 49.5 Å². The summed E-state index contributed by atoms with van der Waals surface area (Å²) in [5, 5.41) is 9.07. The largest absolute Gasteiger partial charge is 0.396 e. The average molecular weight is 212 g/mol. The van der Waals surface area contributed by atoms with Gasteiger partial charge in [-0.25, -0.2) is 0 Å². The Balaban J connectivity index is 1.72. The summed E-state index contributed by atoms with van der Waals surface area (Å²) < 4.78 is 0. The number of hydrogen-bond acceptors (Lipinski definition) is 3. The van der Waals surface area contributed by atoms with Gasteiger partial charge in [0.05, 0.1) is 0 Å². The minimum absolute atomic E-state index is 0.377. The summed E-state index contributed by atoms with van der Waals surface area (Å²) in [4.78, 5) is 2.58. The number of rotatable bonds is 5. The summed E-state index contributed by atoms with van der Waals surface area (Å²) in [6.45, 7) is 4.83. The number of piperidine rings is 1. The Bertz CT molecular complexity index is 196. The van der Waals surface area contributed by atoms with Gasteiger partial charge in [-0.15, -0.1) is 0 Å². The molecule has 2 fully saturated rings. The van der Waals surface area contributed by atoms with Crippen LogP contribution in [0.1, 0.15) is 32.1 Å². The van der Waals surface area contributed by atoms with E-state index in [4.69, 9.17) is 10.8 Å². The summed E-state index contributed by atoms with van der Waals surface area (Å²) in [5.74, 6) is 0.561. The molecule has 1 heterocycles. The first-order chi connectivity index (χ1) is 7.28. The van der Waals surface area contributed by atoms with E-state index in [0.717, 1.165) is 6.54 Å². The molecule has 0 bridgehead atoms. The summed E-state index contributed by atoms with van der Waals surface area (Å²) in [6, 6.07) is 0. The first kappa shape index (κ1) is 11.4. The molecule has 1 saturated carbocycles. The normalized spacial score (nSPS) is 26.8. The van der Waals surface area contributed by atoms with Crippen LogP contribution in [0.2, 0.25) is 0 Å². The van der Waals surface area contributed by atoms with Gasteiger partial charge in [-0.2, -0.15) is 0 Å². The van der Waals surface area contributed by atoms with Crippen molar-refractivity contribution in [2.24, 2.45) is 17.1 Å². The molecule has 0 radical (unpaired) electrons. The molecule has 0 amide bonds. The van der Waals surface area contributed by atoms with Crippen LogP contribution in [0.15, 0.2) is 0 Å². The second-order valence-corrected chi connectivity index (χ2v) is 5.44. The first-order valence-electron chi connectivity index (χ1n) is 6.31. The van der Waals surface area contributed by atoms with Gasteiger partial charge in [0.2, 0.25) is 0 Å². The first-order valence-corrected chi connectivity index (χ1v) is 6.31. The molecule has 1 aliphatic heterocycles. The smallest absolute Gasteiger partial charge is 0.0460 e. The van der Waals surface area contributed by atoms with Crippen LogP contribution in [0.3, 0.4) is 0 Å². The van der Waals surface area contributed by atoms with Crippen molar-refractivity contribution in [1.82, 2.24) is 4.90 Å². The minimum Gasteiger partial charge on any atom is -0.396 e. The second kappa shape index (κ2) is 4.81. The van der Waals surface area contributed by atoms with Crippen LogP contribution < -0.4 is 5.73 Å². The Hall–Kier alpha value is -0.120. The highest BCUT2D eigenvalue weighted by Gasteiger charge is 2.43. The van der Waals surface area contributed by atoms with Crippen molar-refractivity contribution in [1.29, 1.82) is 0 Å². The number of likely N-dealkylation sites (tertiary alicyclic amines) is 1. The quantitative estimate of drug-likeness (QED) is 0.709. The van der Waals surface area contributed by atoms with Crippen molar-refractivity contribution in [3.8, 4) is 0 Å². The molecule has 3 nitrogen and oxygen atoms in total. The molecule has 0 spiro atoms. The lowest BCUT2D eigenvalue weighted by Gasteiger charge is -2.33. The van der Waals surface area contributed by atoms with Crippen molar-refractivity contribution in [3.63, 3.8) is 0 Å². The van der Waals surface area contributed by atoms with Crippen molar-refractivity contribution in [2.45, 2.75) is 32.1 Å². The summed E-state index contributed by atoms with van der Waals surface area (Å²) in [5.41, 5.74) is 6.24. The third kappa shape index (κ3) is 2.92. The highest BCUT2D eigenvalue weighted by atomic mass is 16.3. The Kier molecular flexibility index (Phi) is 3.65. The van der Waals surface area contributed by atoms with Crippen LogP contribution in [0.4, 0.5) is 0 Å². The second-order valence-electron chi connectivity index (χ2n) is 5.44. The van der Waals surface area contributed by atoms with E-state index in [2.05, 4.69) is 4.90 Å². The molecule has 3 N–H and O–H groups in total. The SMILES string of the molecule is NCCC1(CN2CCC(CO)CC2)CC1. The Morgan fingerprint density at radius 2 is 1.93 bits per heavy atom. The fraction of sp³-hybridized carbons (Fsp3) is 1.00. The molecule has 0 unspecified atom stereocenters. The third-order valence-electron chi connectivity index (χ3n) is 4.16. The average Bonchev–Trinajstić information content (AvgIpc) is 3.00. The molecule has 2 rings (SSSR count). The molecule has 0 atom stereocenters. The Labute approximate surface area is 92.6 Å². The summed E-state index contributed by atoms with van der Waals surface area (Å²) in [7, 11) is 0. The predicted molar refractivity (Wildman–Crippen MR) is 61.6 cm³/mol. The maximum absolute atomic E-state index is 9.07. The van der Waals surface area contributed by atoms with Gasteiger partial charge in [0.15, 0.2) is 0 Å². The van der Waals surface area contributed by atoms with E-state index >= 15 is 0 Å². The molecule has 2 aliphatic rings. The zero-order valence-electron chi connectivity index (χ0n) is 9.62. The van der Waals surface area contributed by atoms with Gasteiger partial charge in [-0.3, -0.25) is 0 Å². The van der Waals surface area contributed by atoms with Gasteiger partial charge in [-0.05, 0) is 63.1 Å². The van der Waals surface area contributed by atoms with Gasteiger partial charge in [0.25, 0.3) is 0 Å². The van der Waals surface area contributed by atoms with Crippen LogP contribution in [0.5, 0.6) is 0 Å². The summed E-state index contributed by atoms with van der Waals surface area (Å²) in [6.07, 6.45) is 6.31. The molecular weight excluding hydrogens is 188 g/mol. The fourth-order valence-electron chi connectivity index (χ4n) is 2.77. The van der Waals surface area contributed by atoms with E-state index in [1.54, 1.807) is 0 Å². The monoisotopic (exact) mass is 212 g/mol. The van der Waals surface area contributed by atoms with Gasteiger partial charge in [-0.1, -0.05) is 0 Å². The maximum Gasteiger partial charge on any atom is 0.0460 e. The standard InChI is InChI=1S/C12H24N2O/c13-6-5-12(3-4-12)10-14-7-1-11(9-15)2-8-14/h11,15H,1-10,13H2. The molecule has 3 heteroatoms. The van der Waals surface area contributed by atoms with Crippen molar-refractivity contribution in [2.75, 3.05) is 32.8 Å². The van der Waals surface area contributed by atoms with Crippen molar-refractivity contribution in [3.05, 3.63) is 0 Å². The third-order valence-corrected chi connectivity index (χ3v) is 4.16. The van der Waals surface area contributed by atoms with Gasteiger partial charge < -0.3 is 15.7 Å². The zero-order valence-corrected chi connectivity index (χ0v) is 9.62. The highest BCUT2D eigenvalue weighted by Crippen LogP contribution is 2.49. The van der Waals surface area contributed by atoms with Gasteiger partial charge in [0, 0.05) is 13.2 Å². The lowest BCUT2D eigenvalue weighted by atomic mass is 9.95. The van der Waals surface area contributed by atoms with E-state index in [-0.39, 0.29) is 0 Å². The van der Waals surface area contributed by atoms with E-state index in [1.165, 1.54) is 51.7 Å². The lowest BCUT2D eigenvalue weighted by Crippen LogP contribution is -2.38. The summed E-state index contributed by atoms with van der Waals surface area (Å²) >= 11 is 0. The predicted octanol–water partition coefficient (Wildman–Crippen LogP) is 0.820. The fourth-order valence-corrected chi connectivity index (χ4v) is 2.77. The van der Waals surface area contributed by atoms with Gasteiger partial charge in [0.1, 0.15) is 0 Å². The van der Waals surface area contributed by atoms with E-state index in [0.29, 0.717) is 17.9 Å². The highest BCUT2D eigenvalue weighted by molar-refractivity contribution is 4.96. The molecule has 0 aromatic carbocycles. The van der Waals surface area contributed by atoms with E-state index < -0.39 is 0 Å². The number of aliphatic hydroxyl groups is 1. The molecule has 0 aromatic rings. The maximum atomic E-state index is 9.07. The zero-order chi connectivity index (χ0) is 10.7. The number of hydrogen-bond donors (Lipinski definition) is 2. The minimum atomic E-state index is 0.377. The molecule has 0 aromatic heterocycles. The number of nitrogens with zero attached hydrogens (tertiary/aromatic N) is 1. The Morgan fingerprint density at radius 1 is 1.27 bits per heavy atom. The van der Waals surface area contributed by atoms with E-state index in [1.807, 2.05) is 0 Å². The lowest BCUT2D eigenvalue weighted by molar-refractivity contribution is 0.114. The van der Waals surface area contributed by atoms with Crippen LogP contribution in [0, 0.1) is 11.3 Å². The van der Waals surface area contributed by atoms with Crippen LogP contribution >= 0.6 is 0 Å². The molecule has 1 saturated heterocycles. The molecular formula is C12H24N2O. The van der Waals surface area contributed by atoms with Crippen LogP contribution in [-0.2, 0) is 0 Å². The van der Waals surface area contributed by atoms with E-state index in [9.17, 15) is 0 Å².